The van der Waals surface area contributed by atoms with E-state index in [2.05, 4.69) is 26.8 Å². The predicted molar refractivity (Wildman–Crippen MR) is 234 cm³/mol. The molecule has 3 saturated heterocycles. The molecule has 0 aromatic carbocycles. The topological polar surface area (TPSA) is 298 Å². The van der Waals surface area contributed by atoms with Crippen LogP contribution in [0.2, 0.25) is 0 Å². The average molecular weight is 947 g/mol. The summed E-state index contributed by atoms with van der Waals surface area (Å²) in [6.07, 6.45) is -18.3. The van der Waals surface area contributed by atoms with Crippen molar-refractivity contribution in [3.8, 4) is 0 Å². The molecule has 12 N–H and O–H groups in total. The lowest BCUT2D eigenvalue weighted by Crippen LogP contribution is -2.71. The van der Waals surface area contributed by atoms with Gasteiger partial charge in [-0.05, 0) is 124 Å². The molecule has 18 nitrogen and oxygen atoms in total. The Morgan fingerprint density at radius 1 is 0.682 bits per heavy atom. The fourth-order valence-electron chi connectivity index (χ4n) is 14.9. The van der Waals surface area contributed by atoms with Crippen molar-refractivity contribution >= 4 is 0 Å². The van der Waals surface area contributed by atoms with E-state index in [1.807, 2.05) is 34.6 Å². The summed E-state index contributed by atoms with van der Waals surface area (Å²) in [7, 11) is 0. The van der Waals surface area contributed by atoms with E-state index in [0.717, 1.165) is 5.57 Å². The highest BCUT2D eigenvalue weighted by atomic mass is 16.8. The van der Waals surface area contributed by atoms with Crippen molar-refractivity contribution < 1.29 is 89.7 Å². The third kappa shape index (κ3) is 8.69. The lowest BCUT2D eigenvalue weighted by molar-refractivity contribution is -0.382. The summed E-state index contributed by atoms with van der Waals surface area (Å²) < 4.78 is 38.1. The maximum Gasteiger partial charge on any atom is 0.187 e. The molecule has 18 heteroatoms. The molecule has 382 valence electrons. The van der Waals surface area contributed by atoms with Gasteiger partial charge in [-0.15, -0.1) is 0 Å². The number of allylic oxidation sites excluding steroid dienone is 2. The Morgan fingerprint density at radius 3 is 1.89 bits per heavy atom. The van der Waals surface area contributed by atoms with E-state index in [-0.39, 0.29) is 23.7 Å². The van der Waals surface area contributed by atoms with Crippen LogP contribution in [0.4, 0.5) is 0 Å². The lowest BCUT2D eigenvalue weighted by Gasteiger charge is -2.72. The zero-order valence-corrected chi connectivity index (χ0v) is 40.2. The normalized spacial score (nSPS) is 53.5. The van der Waals surface area contributed by atoms with Gasteiger partial charge in [0.15, 0.2) is 18.9 Å². The minimum absolute atomic E-state index is 0.0861. The monoisotopic (exact) mass is 947 g/mol. The predicted octanol–water partition coefficient (Wildman–Crippen LogP) is -0.0284. The van der Waals surface area contributed by atoms with Crippen LogP contribution in [-0.2, 0) is 28.4 Å². The number of fused-ring (bicyclic) bond motifs is 5. The SMILES string of the molecule is CC(C)=CCC[C@](C)(OC1O[C@H](CO)[C@@H](O)[C@H](O)[C@H]1O)[C@H]1CCC2(C)C1[C@H](O)C[C@@H]1[C@@]3(C)CC[C@H](O)C(C)(C)C3[C@@H](OC3O[C@H](CO)[C@@H](O)[C@H](O)[C@H]3OC3O[C@H](C)[C@@H](O)[C@H](O)[C@@H]3O)C[C@]12C. The Balaban J connectivity index is 1.27. The Hall–Kier alpha value is -0.980. The summed E-state index contributed by atoms with van der Waals surface area (Å²) in [6.45, 7) is 16.8. The van der Waals surface area contributed by atoms with Crippen molar-refractivity contribution in [2.75, 3.05) is 13.2 Å². The van der Waals surface area contributed by atoms with E-state index >= 15 is 0 Å². The van der Waals surface area contributed by atoms with Crippen LogP contribution in [0.1, 0.15) is 114 Å². The molecule has 6 unspecified atom stereocenters. The fourth-order valence-corrected chi connectivity index (χ4v) is 14.9. The maximum absolute atomic E-state index is 12.7. The van der Waals surface area contributed by atoms with Crippen molar-refractivity contribution in [2.24, 2.45) is 45.3 Å². The highest BCUT2D eigenvalue weighted by molar-refractivity contribution is 5.22. The van der Waals surface area contributed by atoms with E-state index < -0.39 is 151 Å². The largest absolute Gasteiger partial charge is 0.394 e. The van der Waals surface area contributed by atoms with E-state index in [1.54, 1.807) is 0 Å². The Labute approximate surface area is 388 Å². The molecule has 0 amide bonds. The molecule has 4 aliphatic carbocycles. The molecular formula is C48H82O18. The van der Waals surface area contributed by atoms with Crippen LogP contribution in [0.25, 0.3) is 0 Å². The first-order valence-corrected chi connectivity index (χ1v) is 24.3. The first-order chi connectivity index (χ1) is 30.7. The minimum Gasteiger partial charge on any atom is -0.394 e. The van der Waals surface area contributed by atoms with Crippen molar-refractivity contribution in [2.45, 2.75) is 230 Å². The van der Waals surface area contributed by atoms with Gasteiger partial charge in [-0.3, -0.25) is 0 Å². The van der Waals surface area contributed by atoms with Crippen LogP contribution < -0.4 is 0 Å². The third-order valence-electron chi connectivity index (χ3n) is 18.7. The maximum atomic E-state index is 12.7. The van der Waals surface area contributed by atoms with E-state index in [0.29, 0.717) is 51.4 Å². The summed E-state index contributed by atoms with van der Waals surface area (Å²) in [6, 6.07) is 0. The first-order valence-electron chi connectivity index (χ1n) is 24.3. The summed E-state index contributed by atoms with van der Waals surface area (Å²) in [5, 5.41) is 132. The summed E-state index contributed by atoms with van der Waals surface area (Å²) >= 11 is 0. The van der Waals surface area contributed by atoms with E-state index in [9.17, 15) is 61.3 Å². The van der Waals surface area contributed by atoms with Gasteiger partial charge in [0.25, 0.3) is 0 Å². The molecule has 3 heterocycles. The van der Waals surface area contributed by atoms with Crippen molar-refractivity contribution in [3.63, 3.8) is 0 Å². The Morgan fingerprint density at radius 2 is 1.27 bits per heavy atom. The molecule has 0 aromatic heterocycles. The molecule has 3 aliphatic heterocycles. The summed E-state index contributed by atoms with van der Waals surface area (Å²) in [5.41, 5.74) is -2.43. The second-order valence-corrected chi connectivity index (χ2v) is 23.0. The number of hydrogen-bond donors (Lipinski definition) is 12. The molecule has 0 spiro atoms. The molecule has 0 bridgehead atoms. The molecular weight excluding hydrogens is 865 g/mol. The zero-order chi connectivity index (χ0) is 48.8. The van der Waals surface area contributed by atoms with Gasteiger partial charge < -0.3 is 89.7 Å². The molecule has 7 aliphatic rings. The van der Waals surface area contributed by atoms with Crippen molar-refractivity contribution in [1.29, 1.82) is 0 Å². The molecule has 4 saturated carbocycles. The van der Waals surface area contributed by atoms with Gasteiger partial charge in [-0.2, -0.15) is 0 Å². The van der Waals surface area contributed by atoms with Gasteiger partial charge in [0.2, 0.25) is 0 Å². The molecule has 0 radical (unpaired) electrons. The van der Waals surface area contributed by atoms with Gasteiger partial charge in [0.1, 0.15) is 67.1 Å². The molecule has 7 rings (SSSR count). The van der Waals surface area contributed by atoms with Gasteiger partial charge in [-0.1, -0.05) is 46.3 Å². The van der Waals surface area contributed by atoms with E-state index in [4.69, 9.17) is 28.4 Å². The molecule has 66 heavy (non-hydrogen) atoms. The number of ether oxygens (including phenoxy) is 6. The van der Waals surface area contributed by atoms with Crippen LogP contribution in [0.15, 0.2) is 11.6 Å². The minimum atomic E-state index is -1.75. The second kappa shape index (κ2) is 19.2. The number of aliphatic hydroxyl groups is 12. The van der Waals surface area contributed by atoms with Crippen molar-refractivity contribution in [1.82, 2.24) is 0 Å². The molecule has 7 fully saturated rings. The summed E-state index contributed by atoms with van der Waals surface area (Å²) in [4.78, 5) is 0. The van der Waals surface area contributed by atoms with Gasteiger partial charge in [0, 0.05) is 0 Å². The smallest absolute Gasteiger partial charge is 0.187 e. The highest BCUT2D eigenvalue weighted by Gasteiger charge is 2.74. The van der Waals surface area contributed by atoms with Crippen LogP contribution in [0.3, 0.4) is 0 Å². The second-order valence-electron chi connectivity index (χ2n) is 23.0. The quantitative estimate of drug-likeness (QED) is 0.0904. The van der Waals surface area contributed by atoms with E-state index in [1.165, 1.54) is 6.92 Å². The molecule has 26 atom stereocenters. The van der Waals surface area contributed by atoms with Crippen molar-refractivity contribution in [3.05, 3.63) is 11.6 Å². The standard InChI is InChI=1S/C48H82O18/c1-21(2)11-10-14-48(9,66-42-38(60)35(57)32(54)26(19-49)63-42)23-12-16-46(7)30(23)24(51)17-28-45(6)15-13-29(52)44(4,5)40(45)25(18-47(28,46)8)62-43-39(36(58)33(55)27(20-50)64-43)65-41-37(59)34(56)31(53)22(3)61-41/h11,22-43,49-60H,10,12-20H2,1-9H3/t22-,23+,24-,25+,26-,27-,28-,29+,30?,31-,32-,33-,34+,35+,36+,37+,38-,39-,40?,41?,42?,43?,45-,46?,47-,48+/m1/s1. The number of aliphatic hydroxyl groups excluding tert-OH is 12. The van der Waals surface area contributed by atoms with Crippen LogP contribution in [-0.4, -0.2) is 191 Å². The van der Waals surface area contributed by atoms with Gasteiger partial charge >= 0.3 is 0 Å². The van der Waals surface area contributed by atoms with Crippen LogP contribution in [0.5, 0.6) is 0 Å². The zero-order valence-electron chi connectivity index (χ0n) is 40.2. The van der Waals surface area contributed by atoms with Crippen LogP contribution in [0, 0.1) is 45.3 Å². The Kier molecular flexibility index (Phi) is 15.4. The third-order valence-corrected chi connectivity index (χ3v) is 18.7. The Bertz CT molecular complexity index is 1700. The van der Waals surface area contributed by atoms with Gasteiger partial charge in [-0.25, -0.2) is 0 Å². The van der Waals surface area contributed by atoms with Gasteiger partial charge in [0.05, 0.1) is 43.2 Å². The average Bonchev–Trinajstić information content (AvgIpc) is 3.64. The van der Waals surface area contributed by atoms with Crippen LogP contribution >= 0.6 is 0 Å². The fraction of sp³-hybridized carbons (Fsp3) is 0.958. The highest BCUT2D eigenvalue weighted by Crippen LogP contribution is 2.76. The molecule has 0 aromatic rings. The lowest BCUT2D eigenvalue weighted by atomic mass is 9.34. The first kappa shape index (κ1) is 52.8. The number of rotatable bonds is 12. The summed E-state index contributed by atoms with van der Waals surface area (Å²) in [5.74, 6) is -1.12. The number of hydrogen-bond acceptors (Lipinski definition) is 18.